The molecule has 8 heteroatoms. The zero-order chi connectivity index (χ0) is 15.4. The molecule has 22 heavy (non-hydrogen) atoms. The molecule has 0 bridgehead atoms. The van der Waals surface area contributed by atoms with Crippen molar-refractivity contribution in [2.45, 2.75) is 0 Å². The molecule has 0 spiro atoms. The van der Waals surface area contributed by atoms with Gasteiger partial charge in [0.25, 0.3) is 11.1 Å². The lowest BCUT2D eigenvalue weighted by Gasteiger charge is -2.02. The van der Waals surface area contributed by atoms with Crippen molar-refractivity contribution in [3.05, 3.63) is 47.0 Å². The molecule has 3 aromatic rings. The van der Waals surface area contributed by atoms with Crippen LogP contribution in [0.2, 0.25) is 0 Å². The third kappa shape index (κ3) is 3.66. The number of ether oxygens (including phenoxy) is 1. The lowest BCUT2D eigenvalue weighted by atomic mass is 10.2. The molecule has 0 aliphatic carbocycles. The topological polar surface area (TPSA) is 64.1 Å². The molecule has 1 amide bonds. The number of benzene rings is 1. The predicted molar refractivity (Wildman–Crippen MR) is 83.7 cm³/mol. The second kappa shape index (κ2) is 6.63. The van der Waals surface area contributed by atoms with E-state index in [9.17, 15) is 9.18 Å². The SMILES string of the molecule is O=C(COc1nc(-c2ccc(F)cc2)cs1)Nc1nccs1. The fourth-order valence-electron chi connectivity index (χ4n) is 1.64. The highest BCUT2D eigenvalue weighted by molar-refractivity contribution is 7.13. The van der Waals surface area contributed by atoms with Gasteiger partial charge in [0.1, 0.15) is 5.82 Å². The largest absolute Gasteiger partial charge is 0.460 e. The van der Waals surface area contributed by atoms with Crippen LogP contribution in [0.5, 0.6) is 5.19 Å². The van der Waals surface area contributed by atoms with Crippen LogP contribution in [0.4, 0.5) is 9.52 Å². The fourth-order valence-corrected chi connectivity index (χ4v) is 2.87. The Morgan fingerprint density at radius 1 is 1.27 bits per heavy atom. The monoisotopic (exact) mass is 335 g/mol. The first-order valence-electron chi connectivity index (χ1n) is 6.24. The van der Waals surface area contributed by atoms with Gasteiger partial charge in [-0.05, 0) is 24.3 Å². The van der Waals surface area contributed by atoms with Gasteiger partial charge < -0.3 is 4.74 Å². The Kier molecular flexibility index (Phi) is 4.40. The highest BCUT2D eigenvalue weighted by Crippen LogP contribution is 2.26. The zero-order valence-electron chi connectivity index (χ0n) is 11.2. The first kappa shape index (κ1) is 14.6. The maximum Gasteiger partial charge on any atom is 0.274 e. The number of nitrogens with zero attached hydrogens (tertiary/aromatic N) is 2. The van der Waals surface area contributed by atoms with Gasteiger partial charge in [0.2, 0.25) is 0 Å². The summed E-state index contributed by atoms with van der Waals surface area (Å²) < 4.78 is 18.2. The molecule has 2 aromatic heterocycles. The molecule has 0 saturated carbocycles. The molecule has 0 atom stereocenters. The lowest BCUT2D eigenvalue weighted by Crippen LogP contribution is -2.19. The molecule has 0 aliphatic rings. The molecule has 0 radical (unpaired) electrons. The summed E-state index contributed by atoms with van der Waals surface area (Å²) >= 11 is 2.61. The Hall–Kier alpha value is -2.32. The van der Waals surface area contributed by atoms with Crippen LogP contribution in [0.25, 0.3) is 11.3 Å². The average Bonchev–Trinajstić information content (AvgIpc) is 3.17. The zero-order valence-corrected chi connectivity index (χ0v) is 12.8. The Balaban J connectivity index is 1.57. The number of nitrogens with one attached hydrogen (secondary N) is 1. The summed E-state index contributed by atoms with van der Waals surface area (Å²) in [6.07, 6.45) is 1.61. The highest BCUT2D eigenvalue weighted by atomic mass is 32.1. The first-order valence-corrected chi connectivity index (χ1v) is 8.00. The van der Waals surface area contributed by atoms with Gasteiger partial charge in [0.05, 0.1) is 5.69 Å². The van der Waals surface area contributed by atoms with E-state index in [4.69, 9.17) is 4.74 Å². The van der Waals surface area contributed by atoms with Crippen molar-refractivity contribution in [2.24, 2.45) is 0 Å². The molecule has 5 nitrogen and oxygen atoms in total. The van der Waals surface area contributed by atoms with Crippen molar-refractivity contribution in [1.29, 1.82) is 0 Å². The minimum Gasteiger partial charge on any atom is -0.460 e. The van der Waals surface area contributed by atoms with E-state index in [2.05, 4.69) is 15.3 Å². The van der Waals surface area contributed by atoms with Crippen LogP contribution in [0.3, 0.4) is 0 Å². The number of thiazole rings is 2. The van der Waals surface area contributed by atoms with E-state index < -0.39 is 0 Å². The van der Waals surface area contributed by atoms with Crippen LogP contribution in [-0.4, -0.2) is 22.5 Å². The van der Waals surface area contributed by atoms with Crippen molar-refractivity contribution in [1.82, 2.24) is 9.97 Å². The molecule has 0 unspecified atom stereocenters. The van der Waals surface area contributed by atoms with Crippen molar-refractivity contribution in [3.63, 3.8) is 0 Å². The van der Waals surface area contributed by atoms with E-state index in [-0.39, 0.29) is 18.3 Å². The van der Waals surface area contributed by atoms with E-state index in [0.717, 1.165) is 5.56 Å². The smallest absolute Gasteiger partial charge is 0.274 e. The minimum atomic E-state index is -0.298. The summed E-state index contributed by atoms with van der Waals surface area (Å²) in [7, 11) is 0. The van der Waals surface area contributed by atoms with Crippen LogP contribution < -0.4 is 10.1 Å². The normalized spacial score (nSPS) is 10.4. The van der Waals surface area contributed by atoms with Crippen LogP contribution in [0, 0.1) is 5.82 Å². The number of anilines is 1. The molecular formula is C14H10FN3O2S2. The molecule has 112 valence electrons. The van der Waals surface area contributed by atoms with Gasteiger partial charge in [-0.3, -0.25) is 10.1 Å². The number of carbonyl (C=O) groups excluding carboxylic acids is 1. The Bertz CT molecular complexity index is 757. The quantitative estimate of drug-likeness (QED) is 0.776. The van der Waals surface area contributed by atoms with Gasteiger partial charge in [-0.25, -0.2) is 14.4 Å². The third-order valence-corrected chi connectivity index (χ3v) is 4.07. The van der Waals surface area contributed by atoms with Gasteiger partial charge in [-0.15, -0.1) is 11.3 Å². The fraction of sp³-hybridized carbons (Fsp3) is 0.0714. The number of aromatic nitrogens is 2. The van der Waals surface area contributed by atoms with Gasteiger partial charge in [-0.2, -0.15) is 0 Å². The second-order valence-corrected chi connectivity index (χ2v) is 5.89. The summed E-state index contributed by atoms with van der Waals surface area (Å²) in [6, 6.07) is 6.03. The molecule has 3 rings (SSSR count). The van der Waals surface area contributed by atoms with Crippen molar-refractivity contribution >= 4 is 33.7 Å². The molecule has 1 N–H and O–H groups in total. The van der Waals surface area contributed by atoms with E-state index in [1.54, 1.807) is 29.1 Å². The van der Waals surface area contributed by atoms with Crippen molar-refractivity contribution < 1.29 is 13.9 Å². The van der Waals surface area contributed by atoms with Crippen LogP contribution in [-0.2, 0) is 4.79 Å². The second-order valence-electron chi connectivity index (χ2n) is 4.18. The van der Waals surface area contributed by atoms with E-state index in [1.807, 2.05) is 0 Å². The lowest BCUT2D eigenvalue weighted by molar-refractivity contribution is -0.118. The van der Waals surface area contributed by atoms with Crippen LogP contribution >= 0.6 is 22.7 Å². The summed E-state index contributed by atoms with van der Waals surface area (Å²) in [6.45, 7) is -0.143. The van der Waals surface area contributed by atoms with E-state index >= 15 is 0 Å². The number of carbonyl (C=O) groups is 1. The van der Waals surface area contributed by atoms with Gasteiger partial charge in [0, 0.05) is 22.5 Å². The molecular weight excluding hydrogens is 325 g/mol. The average molecular weight is 335 g/mol. The predicted octanol–water partition coefficient (Wildman–Crippen LogP) is 3.42. The Morgan fingerprint density at radius 2 is 2.09 bits per heavy atom. The summed E-state index contributed by atoms with van der Waals surface area (Å²) in [5, 5.41) is 7.09. The molecule has 2 heterocycles. The first-order chi connectivity index (χ1) is 10.7. The molecule has 0 aliphatic heterocycles. The van der Waals surface area contributed by atoms with Crippen LogP contribution in [0.15, 0.2) is 41.2 Å². The minimum absolute atomic E-state index is 0.143. The van der Waals surface area contributed by atoms with Crippen molar-refractivity contribution in [2.75, 3.05) is 11.9 Å². The summed E-state index contributed by atoms with van der Waals surface area (Å²) in [4.78, 5) is 19.9. The van der Waals surface area contributed by atoms with Gasteiger partial charge in [-0.1, -0.05) is 11.3 Å². The Labute approximate surface area is 133 Å². The third-order valence-electron chi connectivity index (χ3n) is 2.63. The Morgan fingerprint density at radius 3 is 2.82 bits per heavy atom. The maximum absolute atomic E-state index is 12.9. The van der Waals surface area contributed by atoms with Gasteiger partial charge >= 0.3 is 0 Å². The number of rotatable bonds is 5. The summed E-state index contributed by atoms with van der Waals surface area (Å²) in [5.41, 5.74) is 1.47. The van der Waals surface area contributed by atoms with Gasteiger partial charge in [0.15, 0.2) is 11.7 Å². The molecule has 0 saturated heterocycles. The number of hydrogen-bond acceptors (Lipinski definition) is 6. The van der Waals surface area contributed by atoms with Crippen LogP contribution in [0.1, 0.15) is 0 Å². The number of hydrogen-bond donors (Lipinski definition) is 1. The van der Waals surface area contributed by atoms with E-state index in [0.29, 0.717) is 16.0 Å². The number of amides is 1. The molecule has 1 aromatic carbocycles. The highest BCUT2D eigenvalue weighted by Gasteiger charge is 2.09. The van der Waals surface area contributed by atoms with E-state index in [1.165, 1.54) is 34.8 Å². The summed E-state index contributed by atoms with van der Waals surface area (Å²) in [5.74, 6) is -0.595. The molecule has 0 fully saturated rings. The standard InChI is InChI=1S/C14H10FN3O2S2/c15-10-3-1-9(2-4-10)11-8-22-14(17-11)20-7-12(19)18-13-16-5-6-21-13/h1-6,8H,7H2,(H,16,18,19). The van der Waals surface area contributed by atoms with Crippen molar-refractivity contribution in [3.8, 4) is 16.5 Å². The maximum atomic E-state index is 12.9. The number of halogens is 1.